The maximum atomic E-state index is 12.7. The summed E-state index contributed by atoms with van der Waals surface area (Å²) in [6, 6.07) is 0.374. The molecule has 0 spiro atoms. The van der Waals surface area contributed by atoms with E-state index in [2.05, 4.69) is 0 Å². The zero-order valence-electron chi connectivity index (χ0n) is 11.2. The van der Waals surface area contributed by atoms with Gasteiger partial charge in [-0.3, -0.25) is 0 Å². The number of nitrogens with two attached hydrogens (primary N) is 1. The molecular formula is C12H25N3O2S. The van der Waals surface area contributed by atoms with Crippen molar-refractivity contribution < 1.29 is 8.42 Å². The Kier molecular flexibility index (Phi) is 4.64. The van der Waals surface area contributed by atoms with Crippen molar-refractivity contribution in [3.05, 3.63) is 0 Å². The van der Waals surface area contributed by atoms with E-state index < -0.39 is 10.2 Å². The number of nitrogens with zero attached hydrogens (tertiary/aromatic N) is 2. The highest BCUT2D eigenvalue weighted by molar-refractivity contribution is 7.86. The molecule has 0 aromatic carbocycles. The SMILES string of the molecule is CC1CCCCN1S(=O)(=O)N(CCCN)C1CC1. The Hall–Kier alpha value is -0.170. The molecule has 106 valence electrons. The van der Waals surface area contributed by atoms with Crippen molar-refractivity contribution in [3.63, 3.8) is 0 Å². The van der Waals surface area contributed by atoms with Crippen molar-refractivity contribution in [2.45, 2.75) is 57.5 Å². The van der Waals surface area contributed by atoms with E-state index in [1.807, 2.05) is 6.92 Å². The van der Waals surface area contributed by atoms with Crippen LogP contribution in [0.2, 0.25) is 0 Å². The van der Waals surface area contributed by atoms with Gasteiger partial charge in [-0.1, -0.05) is 6.42 Å². The van der Waals surface area contributed by atoms with Gasteiger partial charge in [0.25, 0.3) is 10.2 Å². The van der Waals surface area contributed by atoms with Crippen LogP contribution in [-0.4, -0.2) is 48.7 Å². The van der Waals surface area contributed by atoms with Crippen LogP contribution >= 0.6 is 0 Å². The van der Waals surface area contributed by atoms with Crippen LogP contribution in [0.4, 0.5) is 0 Å². The monoisotopic (exact) mass is 275 g/mol. The zero-order chi connectivity index (χ0) is 13.2. The Morgan fingerprint density at radius 3 is 2.56 bits per heavy atom. The quantitative estimate of drug-likeness (QED) is 0.784. The van der Waals surface area contributed by atoms with Crippen LogP contribution in [-0.2, 0) is 10.2 Å². The van der Waals surface area contributed by atoms with Gasteiger partial charge in [-0.2, -0.15) is 17.0 Å². The Labute approximate surface area is 110 Å². The summed E-state index contributed by atoms with van der Waals surface area (Å²) in [5.41, 5.74) is 5.51. The fourth-order valence-corrected chi connectivity index (χ4v) is 4.78. The van der Waals surface area contributed by atoms with Gasteiger partial charge < -0.3 is 5.73 Å². The minimum Gasteiger partial charge on any atom is -0.330 e. The molecule has 1 aliphatic heterocycles. The predicted molar refractivity (Wildman–Crippen MR) is 72.3 cm³/mol. The van der Waals surface area contributed by atoms with Gasteiger partial charge in [0, 0.05) is 25.2 Å². The molecular weight excluding hydrogens is 250 g/mol. The van der Waals surface area contributed by atoms with Crippen molar-refractivity contribution in [2.75, 3.05) is 19.6 Å². The largest absolute Gasteiger partial charge is 0.330 e. The molecule has 2 N–H and O–H groups in total. The van der Waals surface area contributed by atoms with E-state index >= 15 is 0 Å². The smallest absolute Gasteiger partial charge is 0.282 e. The minimum absolute atomic E-state index is 0.142. The van der Waals surface area contributed by atoms with Crippen LogP contribution in [0, 0.1) is 0 Å². The van der Waals surface area contributed by atoms with Crippen LogP contribution in [0.1, 0.15) is 45.4 Å². The van der Waals surface area contributed by atoms with Gasteiger partial charge in [0.2, 0.25) is 0 Å². The summed E-state index contributed by atoms with van der Waals surface area (Å²) < 4.78 is 28.8. The molecule has 1 saturated heterocycles. The van der Waals surface area contributed by atoms with Crippen LogP contribution < -0.4 is 5.73 Å². The third-order valence-electron chi connectivity index (χ3n) is 3.87. The molecule has 1 atom stereocenters. The Morgan fingerprint density at radius 2 is 2.00 bits per heavy atom. The van der Waals surface area contributed by atoms with Crippen molar-refractivity contribution in [2.24, 2.45) is 5.73 Å². The number of rotatable bonds is 6. The molecule has 6 heteroatoms. The molecule has 2 aliphatic rings. The molecule has 1 saturated carbocycles. The van der Waals surface area contributed by atoms with Crippen molar-refractivity contribution >= 4 is 10.2 Å². The predicted octanol–water partition coefficient (Wildman–Crippen LogP) is 0.919. The maximum Gasteiger partial charge on any atom is 0.282 e. The summed E-state index contributed by atoms with van der Waals surface area (Å²) in [5.74, 6) is 0. The van der Waals surface area contributed by atoms with Crippen LogP contribution in [0.3, 0.4) is 0 Å². The average Bonchev–Trinajstić information content (AvgIpc) is 3.14. The van der Waals surface area contributed by atoms with E-state index in [1.165, 1.54) is 0 Å². The highest BCUT2D eigenvalue weighted by atomic mass is 32.2. The van der Waals surface area contributed by atoms with Gasteiger partial charge in [-0.25, -0.2) is 0 Å². The highest BCUT2D eigenvalue weighted by Crippen LogP contribution is 2.32. The Bertz CT molecular complexity index is 368. The number of piperidine rings is 1. The molecule has 1 aliphatic carbocycles. The van der Waals surface area contributed by atoms with E-state index in [4.69, 9.17) is 5.73 Å². The zero-order valence-corrected chi connectivity index (χ0v) is 12.0. The molecule has 0 aromatic heterocycles. The third-order valence-corrected chi connectivity index (χ3v) is 6.08. The Morgan fingerprint density at radius 1 is 1.28 bits per heavy atom. The first-order valence-electron chi connectivity index (χ1n) is 7.06. The van der Waals surface area contributed by atoms with Crippen molar-refractivity contribution in [1.29, 1.82) is 0 Å². The van der Waals surface area contributed by atoms with Gasteiger partial charge in [0.1, 0.15) is 0 Å². The van der Waals surface area contributed by atoms with Gasteiger partial charge >= 0.3 is 0 Å². The van der Waals surface area contributed by atoms with Crippen molar-refractivity contribution in [3.8, 4) is 0 Å². The molecule has 1 heterocycles. The summed E-state index contributed by atoms with van der Waals surface area (Å²) >= 11 is 0. The summed E-state index contributed by atoms with van der Waals surface area (Å²) in [7, 11) is -3.27. The highest BCUT2D eigenvalue weighted by Gasteiger charge is 2.41. The number of hydrogen-bond donors (Lipinski definition) is 1. The van der Waals surface area contributed by atoms with Crippen LogP contribution in [0.15, 0.2) is 0 Å². The van der Waals surface area contributed by atoms with Crippen LogP contribution in [0.5, 0.6) is 0 Å². The fraction of sp³-hybridized carbons (Fsp3) is 1.00. The van der Waals surface area contributed by atoms with Gasteiger partial charge in [0.05, 0.1) is 0 Å². The van der Waals surface area contributed by atoms with Gasteiger partial charge in [-0.15, -0.1) is 0 Å². The lowest BCUT2D eigenvalue weighted by Gasteiger charge is -2.36. The summed E-state index contributed by atoms with van der Waals surface area (Å²) in [5, 5.41) is 0. The van der Waals surface area contributed by atoms with E-state index in [0.29, 0.717) is 19.6 Å². The molecule has 2 rings (SSSR count). The van der Waals surface area contributed by atoms with Crippen LogP contribution in [0.25, 0.3) is 0 Å². The molecule has 0 amide bonds. The topological polar surface area (TPSA) is 66.6 Å². The lowest BCUT2D eigenvalue weighted by molar-refractivity contribution is 0.241. The second-order valence-electron chi connectivity index (χ2n) is 5.45. The molecule has 0 radical (unpaired) electrons. The maximum absolute atomic E-state index is 12.7. The molecule has 0 bridgehead atoms. The van der Waals surface area contributed by atoms with E-state index in [-0.39, 0.29) is 12.1 Å². The molecule has 2 fully saturated rings. The summed E-state index contributed by atoms with van der Waals surface area (Å²) in [4.78, 5) is 0. The average molecular weight is 275 g/mol. The standard InChI is InChI=1S/C12H25N3O2S/c1-11-5-2-3-9-14(11)18(16,17)15(10-4-8-13)12-6-7-12/h11-12H,2-10,13H2,1H3. The normalized spacial score (nSPS) is 26.7. The second-order valence-corrected chi connectivity index (χ2v) is 7.28. The Balaban J connectivity index is 2.10. The fourth-order valence-electron chi connectivity index (χ4n) is 2.65. The third kappa shape index (κ3) is 3.04. The first-order valence-corrected chi connectivity index (χ1v) is 8.45. The van der Waals surface area contributed by atoms with E-state index in [9.17, 15) is 8.42 Å². The van der Waals surface area contributed by atoms with Gasteiger partial charge in [-0.05, 0) is 45.6 Å². The summed E-state index contributed by atoms with van der Waals surface area (Å²) in [6.45, 7) is 3.82. The first-order chi connectivity index (χ1) is 8.57. The number of hydrogen-bond acceptors (Lipinski definition) is 3. The van der Waals surface area contributed by atoms with Gasteiger partial charge in [0.15, 0.2) is 0 Å². The molecule has 18 heavy (non-hydrogen) atoms. The molecule has 0 aromatic rings. The van der Waals surface area contributed by atoms with E-state index in [1.54, 1.807) is 8.61 Å². The minimum atomic E-state index is -3.27. The van der Waals surface area contributed by atoms with E-state index in [0.717, 1.165) is 38.5 Å². The van der Waals surface area contributed by atoms with Crippen molar-refractivity contribution in [1.82, 2.24) is 8.61 Å². The molecule has 1 unspecified atom stereocenters. The first kappa shape index (κ1) is 14.2. The lowest BCUT2D eigenvalue weighted by atomic mass is 10.1. The lowest BCUT2D eigenvalue weighted by Crippen LogP contribution is -2.50. The second kappa shape index (κ2) is 5.86. The molecule has 5 nitrogen and oxygen atoms in total. The summed E-state index contributed by atoms with van der Waals surface area (Å²) in [6.07, 6.45) is 5.86.